The lowest BCUT2D eigenvalue weighted by Gasteiger charge is -2.20. The number of allylic oxidation sites excluding steroid dienone is 1. The molecular weight excluding hydrogens is 413 g/mol. The Morgan fingerprint density at radius 1 is 1.23 bits per heavy atom. The monoisotopic (exact) mass is 434 g/mol. The maximum absolute atomic E-state index is 12.9. The van der Waals surface area contributed by atoms with Gasteiger partial charge in [0.05, 0.1) is 7.11 Å². The Bertz CT molecular complexity index is 1010. The van der Waals surface area contributed by atoms with E-state index in [1.165, 1.54) is 36.4 Å². The second kappa shape index (κ2) is 8.99. The third-order valence-electron chi connectivity index (χ3n) is 4.74. The summed E-state index contributed by atoms with van der Waals surface area (Å²) < 4.78 is 46.6. The van der Waals surface area contributed by atoms with Crippen LogP contribution < -0.4 is 20.1 Å². The van der Waals surface area contributed by atoms with Crippen LogP contribution in [-0.4, -0.2) is 43.7 Å². The molecular formula is C21H21F3N4O3. The summed E-state index contributed by atoms with van der Waals surface area (Å²) in [6, 6.07) is 10.4. The van der Waals surface area contributed by atoms with Crippen molar-refractivity contribution < 1.29 is 27.4 Å². The van der Waals surface area contributed by atoms with Crippen LogP contribution in [0.2, 0.25) is 0 Å². The zero-order valence-corrected chi connectivity index (χ0v) is 16.6. The van der Waals surface area contributed by atoms with Crippen molar-refractivity contribution in [2.45, 2.75) is 12.9 Å². The van der Waals surface area contributed by atoms with Crippen molar-refractivity contribution in [3.63, 3.8) is 0 Å². The highest BCUT2D eigenvalue weighted by atomic mass is 19.4. The van der Waals surface area contributed by atoms with Crippen molar-refractivity contribution in [1.29, 1.82) is 5.41 Å². The Kier molecular flexibility index (Phi) is 6.38. The van der Waals surface area contributed by atoms with Crippen molar-refractivity contribution in [2.24, 2.45) is 5.73 Å². The van der Waals surface area contributed by atoms with Gasteiger partial charge in [-0.1, -0.05) is 12.1 Å². The van der Waals surface area contributed by atoms with E-state index in [0.717, 1.165) is 6.21 Å². The molecule has 10 heteroatoms. The van der Waals surface area contributed by atoms with Crippen molar-refractivity contribution in [3.8, 4) is 11.5 Å². The summed E-state index contributed by atoms with van der Waals surface area (Å²) in [4.78, 5) is 16.0. The highest BCUT2D eigenvalue weighted by Crippen LogP contribution is 2.32. The van der Waals surface area contributed by atoms with E-state index in [2.05, 4.69) is 4.74 Å². The molecule has 0 bridgehead atoms. The molecule has 1 aliphatic rings. The molecule has 1 aliphatic heterocycles. The van der Waals surface area contributed by atoms with Crippen LogP contribution in [0.15, 0.2) is 48.7 Å². The summed E-state index contributed by atoms with van der Waals surface area (Å²) in [5, 5.41) is 7.45. The Morgan fingerprint density at radius 3 is 2.65 bits per heavy atom. The lowest BCUT2D eigenvalue weighted by Crippen LogP contribution is -2.31. The third kappa shape index (κ3) is 5.08. The van der Waals surface area contributed by atoms with Crippen LogP contribution in [-0.2, 0) is 6.54 Å². The molecule has 0 aliphatic carbocycles. The molecule has 0 saturated carbocycles. The van der Waals surface area contributed by atoms with Crippen LogP contribution in [0.1, 0.15) is 11.1 Å². The van der Waals surface area contributed by atoms with Gasteiger partial charge in [-0.15, -0.1) is 13.2 Å². The van der Waals surface area contributed by atoms with Gasteiger partial charge in [-0.2, -0.15) is 0 Å². The van der Waals surface area contributed by atoms with Gasteiger partial charge in [0.2, 0.25) is 0 Å². The molecule has 0 aromatic heterocycles. The summed E-state index contributed by atoms with van der Waals surface area (Å²) >= 11 is 0. The number of ether oxygens (including phenoxy) is 2. The number of methoxy groups -OCH3 is 1. The van der Waals surface area contributed by atoms with E-state index >= 15 is 0 Å². The van der Waals surface area contributed by atoms with Gasteiger partial charge < -0.3 is 25.5 Å². The van der Waals surface area contributed by atoms with E-state index in [4.69, 9.17) is 15.9 Å². The van der Waals surface area contributed by atoms with Crippen LogP contribution in [0.3, 0.4) is 0 Å². The molecule has 164 valence electrons. The number of carbonyl (C=O) groups excluding carboxylic acids is 1. The SMILES string of the molecule is COc1cc(N2CCN(Cc3cccc(OC(F)(F)F)c3)C2=O)ccc1/C(C=N)=C/N. The minimum Gasteiger partial charge on any atom is -0.496 e. The number of nitrogens with one attached hydrogen (secondary N) is 1. The molecule has 1 heterocycles. The fourth-order valence-electron chi connectivity index (χ4n) is 3.33. The number of hydrogen-bond donors (Lipinski definition) is 2. The van der Waals surface area contributed by atoms with Crippen LogP contribution in [0.5, 0.6) is 11.5 Å². The topological polar surface area (TPSA) is 91.9 Å². The normalized spacial score (nSPS) is 14.7. The van der Waals surface area contributed by atoms with Crippen LogP contribution in [0.4, 0.5) is 23.7 Å². The fourth-order valence-corrected chi connectivity index (χ4v) is 3.33. The van der Waals surface area contributed by atoms with Gasteiger partial charge >= 0.3 is 12.4 Å². The first-order valence-electron chi connectivity index (χ1n) is 9.27. The summed E-state index contributed by atoms with van der Waals surface area (Å²) in [5.74, 6) is 0.129. The van der Waals surface area contributed by atoms with Gasteiger partial charge in [-0.05, 0) is 29.8 Å². The third-order valence-corrected chi connectivity index (χ3v) is 4.74. The van der Waals surface area contributed by atoms with Gasteiger partial charge in [0.15, 0.2) is 0 Å². The van der Waals surface area contributed by atoms with Gasteiger partial charge in [-0.3, -0.25) is 4.90 Å². The van der Waals surface area contributed by atoms with Crippen LogP contribution in [0, 0.1) is 5.41 Å². The zero-order valence-electron chi connectivity index (χ0n) is 16.6. The predicted octanol–water partition coefficient (Wildman–Crippen LogP) is 3.99. The highest BCUT2D eigenvalue weighted by molar-refractivity contribution is 6.09. The first kappa shape index (κ1) is 22.0. The number of alkyl halides is 3. The molecule has 0 atom stereocenters. The number of hydrogen-bond acceptors (Lipinski definition) is 5. The summed E-state index contributed by atoms with van der Waals surface area (Å²) in [6.45, 7) is 0.958. The van der Waals surface area contributed by atoms with Gasteiger partial charge in [0.1, 0.15) is 11.5 Å². The summed E-state index contributed by atoms with van der Waals surface area (Å²) in [5.41, 5.74) is 7.76. The molecule has 1 fully saturated rings. The van der Waals surface area contributed by atoms with E-state index in [1.807, 2.05) is 0 Å². The van der Waals surface area contributed by atoms with Crippen LogP contribution in [0.25, 0.3) is 5.57 Å². The van der Waals surface area contributed by atoms with Crippen LogP contribution >= 0.6 is 0 Å². The smallest absolute Gasteiger partial charge is 0.496 e. The highest BCUT2D eigenvalue weighted by Gasteiger charge is 2.32. The van der Waals surface area contributed by atoms with E-state index in [9.17, 15) is 18.0 Å². The Morgan fingerprint density at radius 2 is 2.00 bits per heavy atom. The van der Waals surface area contributed by atoms with Crippen molar-refractivity contribution in [3.05, 3.63) is 59.8 Å². The van der Waals surface area contributed by atoms with E-state index in [0.29, 0.717) is 41.2 Å². The summed E-state index contributed by atoms with van der Waals surface area (Å²) in [6.07, 6.45) is -2.37. The second-order valence-corrected chi connectivity index (χ2v) is 6.70. The first-order valence-corrected chi connectivity index (χ1v) is 9.27. The summed E-state index contributed by atoms with van der Waals surface area (Å²) in [7, 11) is 1.48. The van der Waals surface area contributed by atoms with E-state index in [1.54, 1.807) is 29.2 Å². The number of amides is 2. The number of urea groups is 1. The maximum Gasteiger partial charge on any atom is 0.573 e. The molecule has 0 unspecified atom stereocenters. The lowest BCUT2D eigenvalue weighted by atomic mass is 10.1. The van der Waals surface area contributed by atoms with Gasteiger partial charge in [0, 0.05) is 54.9 Å². The van der Waals surface area contributed by atoms with Crippen molar-refractivity contribution in [2.75, 3.05) is 25.1 Å². The standard InChI is InChI=1S/C21H21F3N4O3/c1-30-19-10-16(5-6-18(19)15(11-25)12-26)28-8-7-27(20(28)29)13-14-3-2-4-17(9-14)31-21(22,23)24/h2-6,9-12,25H,7-8,13,26H2,1H3/b15-12+,25-11?. The van der Waals surface area contributed by atoms with Gasteiger partial charge in [-0.25, -0.2) is 4.79 Å². The number of anilines is 1. The number of rotatable bonds is 7. The molecule has 2 aromatic carbocycles. The van der Waals surface area contributed by atoms with Crippen molar-refractivity contribution >= 4 is 23.5 Å². The molecule has 31 heavy (non-hydrogen) atoms. The maximum atomic E-state index is 12.9. The number of nitrogens with zero attached hydrogens (tertiary/aromatic N) is 2. The molecule has 1 saturated heterocycles. The molecule has 7 nitrogen and oxygen atoms in total. The molecule has 2 amide bonds. The van der Waals surface area contributed by atoms with E-state index < -0.39 is 6.36 Å². The zero-order chi connectivity index (χ0) is 22.6. The molecule has 3 rings (SSSR count). The molecule has 0 spiro atoms. The molecule has 0 radical (unpaired) electrons. The minimum atomic E-state index is -4.78. The van der Waals surface area contributed by atoms with Crippen molar-refractivity contribution in [1.82, 2.24) is 4.90 Å². The van der Waals surface area contributed by atoms with E-state index in [-0.39, 0.29) is 18.3 Å². The Balaban J connectivity index is 1.76. The number of carbonyl (C=O) groups is 1. The lowest BCUT2D eigenvalue weighted by molar-refractivity contribution is -0.274. The first-order chi connectivity index (χ1) is 14.8. The predicted molar refractivity (Wildman–Crippen MR) is 110 cm³/mol. The van der Waals surface area contributed by atoms with Gasteiger partial charge in [0.25, 0.3) is 0 Å². The Labute approximate surface area is 177 Å². The molecule has 3 N–H and O–H groups in total. The second-order valence-electron chi connectivity index (χ2n) is 6.70. The fraction of sp³-hybridized carbons (Fsp3) is 0.238. The largest absolute Gasteiger partial charge is 0.573 e. The average molecular weight is 434 g/mol. The molecule has 2 aromatic rings. The minimum absolute atomic E-state index is 0.146. The number of benzene rings is 2. The Hall–Kier alpha value is -3.69. The number of halogens is 3. The number of nitrogens with two attached hydrogens (primary N) is 1. The average Bonchev–Trinajstić information content (AvgIpc) is 3.08. The quantitative estimate of drug-likeness (QED) is 0.645.